The quantitative estimate of drug-likeness (QED) is 0.899. The van der Waals surface area contributed by atoms with E-state index in [9.17, 15) is 0 Å². The number of benzene rings is 1. The first kappa shape index (κ1) is 13.0. The summed E-state index contributed by atoms with van der Waals surface area (Å²) in [6.07, 6.45) is 2.79. The predicted molar refractivity (Wildman–Crippen MR) is 74.2 cm³/mol. The fourth-order valence-corrected chi connectivity index (χ4v) is 2.01. The molecule has 0 aliphatic carbocycles. The number of hydrogen-bond donors (Lipinski definition) is 1. The molecule has 1 N–H and O–H groups in total. The number of methoxy groups -OCH3 is 1. The van der Waals surface area contributed by atoms with Crippen molar-refractivity contribution in [1.82, 2.24) is 5.32 Å². The summed E-state index contributed by atoms with van der Waals surface area (Å²) in [4.78, 5) is 0. The van der Waals surface area contributed by atoms with E-state index in [1.165, 1.54) is 5.56 Å². The first-order chi connectivity index (χ1) is 8.51. The molecule has 2 aromatic rings. The normalized spacial score (nSPS) is 12.0. The molecule has 0 unspecified atom stereocenters. The largest absolute Gasteiger partial charge is 0.493 e. The molecule has 0 fully saturated rings. The molecule has 0 atom stereocenters. The Kier molecular flexibility index (Phi) is 3.62. The van der Waals surface area contributed by atoms with Gasteiger partial charge in [-0.2, -0.15) is 0 Å². The maximum atomic E-state index is 5.60. The second-order valence-corrected chi connectivity index (χ2v) is 5.52. The van der Waals surface area contributed by atoms with E-state index < -0.39 is 0 Å². The molecule has 3 heteroatoms. The lowest BCUT2D eigenvalue weighted by molar-refractivity contribution is 0.410. The Bertz CT molecular complexity index is 523. The third-order valence-electron chi connectivity index (χ3n) is 2.91. The summed E-state index contributed by atoms with van der Waals surface area (Å²) in [7, 11) is 1.66. The summed E-state index contributed by atoms with van der Waals surface area (Å²) in [5.74, 6) is 0.794. The monoisotopic (exact) mass is 247 g/mol. The van der Waals surface area contributed by atoms with E-state index in [4.69, 9.17) is 9.15 Å². The van der Waals surface area contributed by atoms with Crippen LogP contribution in [0.25, 0.3) is 11.0 Å². The lowest BCUT2D eigenvalue weighted by Gasteiger charge is -2.20. The van der Waals surface area contributed by atoms with Crippen LogP contribution in [0.3, 0.4) is 0 Å². The number of para-hydroxylation sites is 1. The van der Waals surface area contributed by atoms with Gasteiger partial charge in [-0.05, 0) is 45.4 Å². The molecule has 2 rings (SSSR count). The van der Waals surface area contributed by atoms with Gasteiger partial charge in [0.25, 0.3) is 0 Å². The molecule has 0 bridgehead atoms. The highest BCUT2D eigenvalue weighted by molar-refractivity contribution is 5.86. The van der Waals surface area contributed by atoms with Crippen LogP contribution in [-0.2, 0) is 6.42 Å². The van der Waals surface area contributed by atoms with Gasteiger partial charge in [-0.3, -0.25) is 0 Å². The summed E-state index contributed by atoms with van der Waals surface area (Å²) >= 11 is 0. The number of hydrogen-bond acceptors (Lipinski definition) is 3. The van der Waals surface area contributed by atoms with Crippen molar-refractivity contribution < 1.29 is 9.15 Å². The average molecular weight is 247 g/mol. The average Bonchev–Trinajstić information content (AvgIpc) is 2.71. The Morgan fingerprint density at radius 1 is 1.28 bits per heavy atom. The van der Waals surface area contributed by atoms with Crippen molar-refractivity contribution in [2.75, 3.05) is 13.7 Å². The third kappa shape index (κ3) is 2.85. The van der Waals surface area contributed by atoms with Gasteiger partial charge in [0, 0.05) is 10.9 Å². The van der Waals surface area contributed by atoms with E-state index in [0.29, 0.717) is 0 Å². The van der Waals surface area contributed by atoms with Gasteiger partial charge in [0.05, 0.1) is 13.4 Å². The highest BCUT2D eigenvalue weighted by Crippen LogP contribution is 2.29. The maximum absolute atomic E-state index is 5.60. The van der Waals surface area contributed by atoms with Gasteiger partial charge in [0.1, 0.15) is 0 Å². The number of rotatable bonds is 4. The number of furan rings is 1. The number of fused-ring (bicyclic) bond motifs is 1. The Morgan fingerprint density at radius 2 is 2.06 bits per heavy atom. The van der Waals surface area contributed by atoms with Crippen LogP contribution in [-0.4, -0.2) is 19.2 Å². The molecular weight excluding hydrogens is 226 g/mol. The lowest BCUT2D eigenvalue weighted by Crippen LogP contribution is -2.37. The van der Waals surface area contributed by atoms with E-state index in [2.05, 4.69) is 32.2 Å². The standard InChI is InChI=1S/C15H21NO2/c1-15(2,3)16-9-8-11-10-18-14-12(11)6-5-7-13(14)17-4/h5-7,10,16H,8-9H2,1-4H3. The van der Waals surface area contributed by atoms with E-state index >= 15 is 0 Å². The summed E-state index contributed by atoms with van der Waals surface area (Å²) in [6, 6.07) is 5.99. The van der Waals surface area contributed by atoms with Gasteiger partial charge >= 0.3 is 0 Å². The van der Waals surface area contributed by atoms with Crippen molar-refractivity contribution >= 4 is 11.0 Å². The zero-order valence-electron chi connectivity index (χ0n) is 11.5. The van der Waals surface area contributed by atoms with E-state index in [-0.39, 0.29) is 5.54 Å². The van der Waals surface area contributed by atoms with E-state index in [0.717, 1.165) is 29.7 Å². The maximum Gasteiger partial charge on any atom is 0.175 e. The van der Waals surface area contributed by atoms with Crippen LogP contribution >= 0.6 is 0 Å². The Hall–Kier alpha value is -1.48. The minimum Gasteiger partial charge on any atom is -0.493 e. The van der Waals surface area contributed by atoms with Gasteiger partial charge in [0.15, 0.2) is 11.3 Å². The summed E-state index contributed by atoms with van der Waals surface area (Å²) < 4.78 is 10.9. The molecule has 0 aliphatic heterocycles. The Balaban J connectivity index is 2.15. The molecule has 1 aromatic carbocycles. The topological polar surface area (TPSA) is 34.4 Å². The number of ether oxygens (including phenoxy) is 1. The molecule has 98 valence electrons. The molecule has 1 aromatic heterocycles. The highest BCUT2D eigenvalue weighted by Gasteiger charge is 2.12. The molecule has 1 heterocycles. The van der Waals surface area contributed by atoms with Gasteiger partial charge in [-0.15, -0.1) is 0 Å². The molecule has 0 saturated heterocycles. The SMILES string of the molecule is COc1cccc2c(CCNC(C)(C)C)coc12. The van der Waals surface area contributed by atoms with Crippen LogP contribution in [0.4, 0.5) is 0 Å². The van der Waals surface area contributed by atoms with Crippen LogP contribution < -0.4 is 10.1 Å². The molecule has 0 amide bonds. The Labute approximate surface area is 108 Å². The predicted octanol–water partition coefficient (Wildman–Crippen LogP) is 3.37. The van der Waals surface area contributed by atoms with Crippen molar-refractivity contribution in [3.8, 4) is 5.75 Å². The zero-order valence-corrected chi connectivity index (χ0v) is 11.5. The first-order valence-corrected chi connectivity index (χ1v) is 6.29. The molecule has 0 spiro atoms. The van der Waals surface area contributed by atoms with E-state index in [1.54, 1.807) is 7.11 Å². The summed E-state index contributed by atoms with van der Waals surface area (Å²) in [6.45, 7) is 7.45. The van der Waals surface area contributed by atoms with Crippen LogP contribution in [0.2, 0.25) is 0 Å². The molecule has 0 aliphatic rings. The third-order valence-corrected chi connectivity index (χ3v) is 2.91. The van der Waals surface area contributed by atoms with Crippen LogP contribution in [0.15, 0.2) is 28.9 Å². The van der Waals surface area contributed by atoms with Crippen LogP contribution in [0.1, 0.15) is 26.3 Å². The van der Waals surface area contributed by atoms with Gasteiger partial charge in [-0.25, -0.2) is 0 Å². The smallest absolute Gasteiger partial charge is 0.175 e. The fourth-order valence-electron chi connectivity index (χ4n) is 2.01. The summed E-state index contributed by atoms with van der Waals surface area (Å²) in [5.41, 5.74) is 2.21. The lowest BCUT2D eigenvalue weighted by atomic mass is 10.1. The van der Waals surface area contributed by atoms with Crippen molar-refractivity contribution in [1.29, 1.82) is 0 Å². The molecule has 18 heavy (non-hydrogen) atoms. The van der Waals surface area contributed by atoms with Crippen molar-refractivity contribution in [2.24, 2.45) is 0 Å². The first-order valence-electron chi connectivity index (χ1n) is 6.29. The second kappa shape index (κ2) is 5.02. The molecular formula is C15H21NO2. The molecule has 0 radical (unpaired) electrons. The summed E-state index contributed by atoms with van der Waals surface area (Å²) in [5, 5.41) is 4.62. The van der Waals surface area contributed by atoms with Crippen molar-refractivity contribution in [3.05, 3.63) is 30.0 Å². The zero-order chi connectivity index (χ0) is 13.2. The minimum absolute atomic E-state index is 0.150. The van der Waals surface area contributed by atoms with E-state index in [1.807, 2.05) is 18.4 Å². The van der Waals surface area contributed by atoms with Gasteiger partial charge in [-0.1, -0.05) is 12.1 Å². The number of nitrogens with one attached hydrogen (secondary N) is 1. The Morgan fingerprint density at radius 3 is 2.72 bits per heavy atom. The second-order valence-electron chi connectivity index (χ2n) is 5.52. The van der Waals surface area contributed by atoms with Crippen molar-refractivity contribution in [3.63, 3.8) is 0 Å². The fraction of sp³-hybridized carbons (Fsp3) is 0.467. The van der Waals surface area contributed by atoms with Crippen LogP contribution in [0, 0.1) is 0 Å². The van der Waals surface area contributed by atoms with Crippen LogP contribution in [0.5, 0.6) is 5.75 Å². The molecule has 3 nitrogen and oxygen atoms in total. The van der Waals surface area contributed by atoms with Crippen molar-refractivity contribution in [2.45, 2.75) is 32.7 Å². The highest BCUT2D eigenvalue weighted by atomic mass is 16.5. The van der Waals surface area contributed by atoms with Gasteiger partial charge < -0.3 is 14.5 Å². The van der Waals surface area contributed by atoms with Gasteiger partial charge in [0.2, 0.25) is 0 Å². The molecule has 0 saturated carbocycles. The minimum atomic E-state index is 0.150.